The van der Waals surface area contributed by atoms with Crippen molar-refractivity contribution >= 4 is 27.5 Å². The molecule has 2 N–H and O–H groups in total. The average molecular weight is 374 g/mol. The van der Waals surface area contributed by atoms with E-state index in [-0.39, 0.29) is 17.3 Å². The van der Waals surface area contributed by atoms with Crippen LogP contribution in [0.25, 0.3) is 0 Å². The Labute approximate surface area is 148 Å². The summed E-state index contributed by atoms with van der Waals surface area (Å²) in [5.74, 6) is 0.286. The molecule has 1 aliphatic heterocycles. The Morgan fingerprint density at radius 2 is 2.08 bits per heavy atom. The summed E-state index contributed by atoms with van der Waals surface area (Å²) in [5, 5.41) is 6.60. The van der Waals surface area contributed by atoms with Crippen LogP contribution in [0.1, 0.15) is 19.3 Å². The molecule has 0 spiro atoms. The molecule has 0 bridgehead atoms. The molecular weight excluding hydrogens is 350 g/mol. The molecular formula is C16H24ClN3O3S. The Hall–Kier alpha value is -1.15. The first-order valence-corrected chi connectivity index (χ1v) is 9.90. The minimum absolute atomic E-state index is 0.121. The van der Waals surface area contributed by atoms with Gasteiger partial charge in [0.2, 0.25) is 15.9 Å². The summed E-state index contributed by atoms with van der Waals surface area (Å²) in [7, 11) is -2.30. The highest BCUT2D eigenvalue weighted by atomic mass is 35.5. The van der Waals surface area contributed by atoms with Gasteiger partial charge in [0.15, 0.2) is 0 Å². The maximum absolute atomic E-state index is 12.4. The molecule has 6 nitrogen and oxygen atoms in total. The zero-order chi connectivity index (χ0) is 17.6. The van der Waals surface area contributed by atoms with Crippen molar-refractivity contribution in [3.8, 4) is 0 Å². The number of amides is 1. The number of carbonyl (C=O) groups excluding carboxylic acids is 1. The van der Waals surface area contributed by atoms with Crippen LogP contribution in [0.5, 0.6) is 0 Å². The number of likely N-dealkylation sites (N-methyl/N-ethyl adjacent to an activating group) is 1. The van der Waals surface area contributed by atoms with Crippen molar-refractivity contribution in [3.63, 3.8) is 0 Å². The maximum atomic E-state index is 12.4. The standard InChI is InChI=1S/C16H24ClN3O3S/c1-20(24(22,23)15-6-4-14(17)5-7-15)12-16(21)19-10-8-13-3-2-9-18-11-13/h4-7,13,18H,2-3,8-12H2,1H3,(H,19,21). The normalized spacial score (nSPS) is 18.5. The van der Waals surface area contributed by atoms with Crippen LogP contribution in [-0.2, 0) is 14.8 Å². The third-order valence-corrected chi connectivity index (χ3v) is 6.23. The second kappa shape index (κ2) is 8.80. The fourth-order valence-corrected chi connectivity index (χ4v) is 3.97. The largest absolute Gasteiger partial charge is 0.355 e. The molecule has 1 aromatic rings. The third kappa shape index (κ3) is 5.44. The number of piperidine rings is 1. The summed E-state index contributed by atoms with van der Waals surface area (Å²) in [5.41, 5.74) is 0. The van der Waals surface area contributed by atoms with E-state index in [0.29, 0.717) is 17.5 Å². The van der Waals surface area contributed by atoms with Crippen molar-refractivity contribution in [2.24, 2.45) is 5.92 Å². The van der Waals surface area contributed by atoms with Crippen molar-refractivity contribution in [2.75, 3.05) is 33.2 Å². The zero-order valence-electron chi connectivity index (χ0n) is 13.8. The molecule has 1 saturated heterocycles. The summed E-state index contributed by atoms with van der Waals surface area (Å²) in [6.07, 6.45) is 3.25. The fraction of sp³-hybridized carbons (Fsp3) is 0.562. The van der Waals surface area contributed by atoms with Crippen molar-refractivity contribution in [1.82, 2.24) is 14.9 Å². The molecule has 1 aliphatic rings. The first kappa shape index (κ1) is 19.2. The molecule has 2 rings (SSSR count). The van der Waals surface area contributed by atoms with Gasteiger partial charge in [0.05, 0.1) is 11.4 Å². The van der Waals surface area contributed by atoms with Gasteiger partial charge in [-0.25, -0.2) is 8.42 Å². The van der Waals surface area contributed by atoms with Gasteiger partial charge in [0.25, 0.3) is 0 Å². The van der Waals surface area contributed by atoms with E-state index in [0.717, 1.165) is 23.8 Å². The van der Waals surface area contributed by atoms with Gasteiger partial charge < -0.3 is 10.6 Å². The molecule has 0 saturated carbocycles. The van der Waals surface area contributed by atoms with E-state index >= 15 is 0 Å². The van der Waals surface area contributed by atoms with Crippen molar-refractivity contribution in [3.05, 3.63) is 29.3 Å². The van der Waals surface area contributed by atoms with Crippen LogP contribution in [0.3, 0.4) is 0 Å². The highest BCUT2D eigenvalue weighted by Crippen LogP contribution is 2.17. The van der Waals surface area contributed by atoms with Crippen LogP contribution in [0, 0.1) is 5.92 Å². The summed E-state index contributed by atoms with van der Waals surface area (Å²) < 4.78 is 25.8. The van der Waals surface area contributed by atoms with Gasteiger partial charge in [-0.3, -0.25) is 4.79 Å². The van der Waals surface area contributed by atoms with Crippen LogP contribution < -0.4 is 10.6 Å². The molecule has 134 valence electrons. The van der Waals surface area contributed by atoms with Crippen LogP contribution >= 0.6 is 11.6 Å². The number of halogens is 1. The smallest absolute Gasteiger partial charge is 0.243 e. The van der Waals surface area contributed by atoms with Gasteiger partial charge in [-0.15, -0.1) is 0 Å². The van der Waals surface area contributed by atoms with Gasteiger partial charge >= 0.3 is 0 Å². The maximum Gasteiger partial charge on any atom is 0.243 e. The van der Waals surface area contributed by atoms with E-state index in [1.165, 1.54) is 44.2 Å². The van der Waals surface area contributed by atoms with Crippen molar-refractivity contribution in [2.45, 2.75) is 24.2 Å². The lowest BCUT2D eigenvalue weighted by Gasteiger charge is -2.23. The Morgan fingerprint density at radius 1 is 1.38 bits per heavy atom. The number of hydrogen-bond donors (Lipinski definition) is 2. The molecule has 0 aromatic heterocycles. The van der Waals surface area contributed by atoms with Gasteiger partial charge in [0.1, 0.15) is 0 Å². The third-order valence-electron chi connectivity index (χ3n) is 4.16. The van der Waals surface area contributed by atoms with Crippen LogP contribution in [0.15, 0.2) is 29.2 Å². The van der Waals surface area contributed by atoms with Crippen molar-refractivity contribution < 1.29 is 13.2 Å². The minimum atomic E-state index is -3.69. The van der Waals surface area contributed by atoms with Gasteiger partial charge in [-0.05, 0) is 62.5 Å². The van der Waals surface area contributed by atoms with Crippen molar-refractivity contribution in [1.29, 1.82) is 0 Å². The Balaban J connectivity index is 1.80. The molecule has 1 aromatic carbocycles. The second-order valence-electron chi connectivity index (χ2n) is 6.07. The average Bonchev–Trinajstić information content (AvgIpc) is 2.56. The van der Waals surface area contributed by atoms with E-state index in [1.54, 1.807) is 0 Å². The number of rotatable bonds is 7. The highest BCUT2D eigenvalue weighted by Gasteiger charge is 2.23. The van der Waals surface area contributed by atoms with Crippen LogP contribution in [0.4, 0.5) is 0 Å². The summed E-state index contributed by atoms with van der Waals surface area (Å²) in [4.78, 5) is 12.1. The lowest BCUT2D eigenvalue weighted by atomic mass is 9.96. The molecule has 0 radical (unpaired) electrons. The van der Waals surface area contributed by atoms with Crippen LogP contribution in [-0.4, -0.2) is 51.9 Å². The highest BCUT2D eigenvalue weighted by molar-refractivity contribution is 7.89. The number of sulfonamides is 1. The molecule has 8 heteroatoms. The summed E-state index contributed by atoms with van der Waals surface area (Å²) >= 11 is 5.77. The van der Waals surface area contributed by atoms with Gasteiger partial charge in [0, 0.05) is 18.6 Å². The molecule has 0 aliphatic carbocycles. The molecule has 1 atom stereocenters. The van der Waals surface area contributed by atoms with E-state index in [4.69, 9.17) is 11.6 Å². The SMILES string of the molecule is CN(CC(=O)NCCC1CCCNC1)S(=O)(=O)c1ccc(Cl)cc1. The zero-order valence-corrected chi connectivity index (χ0v) is 15.4. The number of benzene rings is 1. The topological polar surface area (TPSA) is 78.5 Å². The molecule has 1 amide bonds. The quantitative estimate of drug-likeness (QED) is 0.758. The van der Waals surface area contributed by atoms with Crippen LogP contribution in [0.2, 0.25) is 5.02 Å². The number of hydrogen-bond acceptors (Lipinski definition) is 4. The molecule has 24 heavy (non-hydrogen) atoms. The summed E-state index contributed by atoms with van der Waals surface area (Å²) in [6, 6.07) is 5.89. The predicted molar refractivity (Wildman–Crippen MR) is 94.5 cm³/mol. The lowest BCUT2D eigenvalue weighted by Crippen LogP contribution is -2.39. The predicted octanol–water partition coefficient (Wildman–Crippen LogP) is 1.47. The molecule has 1 heterocycles. The Bertz CT molecular complexity index is 643. The first-order valence-electron chi connectivity index (χ1n) is 8.09. The van der Waals surface area contributed by atoms with E-state index in [1.807, 2.05) is 0 Å². The monoisotopic (exact) mass is 373 g/mol. The van der Waals surface area contributed by atoms with E-state index in [2.05, 4.69) is 10.6 Å². The minimum Gasteiger partial charge on any atom is -0.355 e. The van der Waals surface area contributed by atoms with Gasteiger partial charge in [-0.1, -0.05) is 11.6 Å². The van der Waals surface area contributed by atoms with Gasteiger partial charge in [-0.2, -0.15) is 4.31 Å². The Morgan fingerprint density at radius 3 is 2.71 bits per heavy atom. The Kier molecular flexibility index (Phi) is 7.03. The fourth-order valence-electron chi connectivity index (χ4n) is 2.72. The molecule has 1 unspecified atom stereocenters. The summed E-state index contributed by atoms with van der Waals surface area (Å²) in [6.45, 7) is 2.42. The number of carbonyl (C=O) groups is 1. The van der Waals surface area contributed by atoms with E-state index < -0.39 is 10.0 Å². The second-order valence-corrected chi connectivity index (χ2v) is 8.55. The first-order chi connectivity index (χ1) is 11.4. The number of nitrogens with zero attached hydrogens (tertiary/aromatic N) is 1. The number of nitrogens with one attached hydrogen (secondary N) is 2. The van der Waals surface area contributed by atoms with E-state index in [9.17, 15) is 13.2 Å². The lowest BCUT2D eigenvalue weighted by molar-refractivity contribution is -0.121. The molecule has 1 fully saturated rings.